The average Bonchev–Trinajstić information content (AvgIpc) is 3.50. The van der Waals surface area contributed by atoms with E-state index < -0.39 is 29.5 Å². The zero-order chi connectivity index (χ0) is 29.9. The predicted molar refractivity (Wildman–Crippen MR) is 153 cm³/mol. The highest BCUT2D eigenvalue weighted by Crippen LogP contribution is 2.31. The minimum Gasteiger partial charge on any atom is -0.467 e. The van der Waals surface area contributed by atoms with E-state index in [0.717, 1.165) is 11.1 Å². The highest BCUT2D eigenvalue weighted by Gasteiger charge is 2.42. The summed E-state index contributed by atoms with van der Waals surface area (Å²) >= 11 is 0. The van der Waals surface area contributed by atoms with E-state index in [9.17, 15) is 14.0 Å². The van der Waals surface area contributed by atoms with Gasteiger partial charge >= 0.3 is 12.1 Å². The topological polar surface area (TPSA) is 120 Å². The van der Waals surface area contributed by atoms with Gasteiger partial charge in [-0.25, -0.2) is 23.9 Å². The van der Waals surface area contributed by atoms with Crippen LogP contribution in [-0.2, 0) is 25.5 Å². The number of rotatable bonds is 9. The monoisotopic (exact) mass is 570 g/mol. The molecule has 0 spiro atoms. The maximum atomic E-state index is 14.7. The van der Waals surface area contributed by atoms with Crippen LogP contribution in [0.3, 0.4) is 0 Å². The molecule has 4 rings (SSSR count). The molecule has 2 aromatic heterocycles. The first-order valence-corrected chi connectivity index (χ1v) is 13.6. The summed E-state index contributed by atoms with van der Waals surface area (Å²) in [6.07, 6.45) is 1.30. The average molecular weight is 571 g/mol. The summed E-state index contributed by atoms with van der Waals surface area (Å²) in [6, 6.07) is 5.53. The molecule has 0 saturated carbocycles. The Morgan fingerprint density at radius 2 is 1.95 bits per heavy atom. The number of anilines is 1. The maximum absolute atomic E-state index is 14.7. The van der Waals surface area contributed by atoms with Gasteiger partial charge in [0, 0.05) is 44.3 Å². The number of halogens is 1. The van der Waals surface area contributed by atoms with Crippen LogP contribution < -0.4 is 10.6 Å². The Kier molecular flexibility index (Phi) is 9.13. The number of fused-ring (bicyclic) bond motifs is 1. The summed E-state index contributed by atoms with van der Waals surface area (Å²) in [5.41, 5.74) is 2.61. The van der Waals surface area contributed by atoms with Crippen molar-refractivity contribution in [2.45, 2.75) is 64.4 Å². The van der Waals surface area contributed by atoms with Gasteiger partial charge in [-0.1, -0.05) is 0 Å². The molecule has 222 valence electrons. The van der Waals surface area contributed by atoms with Gasteiger partial charge in [-0.3, -0.25) is 4.90 Å². The first-order chi connectivity index (χ1) is 19.4. The second kappa shape index (κ2) is 12.4. The molecule has 2 N–H and O–H groups in total. The third-order valence-corrected chi connectivity index (χ3v) is 6.84. The molecule has 0 aliphatic carbocycles. The van der Waals surface area contributed by atoms with Gasteiger partial charge in [0.2, 0.25) is 0 Å². The van der Waals surface area contributed by atoms with Crippen molar-refractivity contribution < 1.29 is 28.2 Å². The van der Waals surface area contributed by atoms with Crippen LogP contribution in [0.15, 0.2) is 30.6 Å². The number of imidazole rings is 1. The van der Waals surface area contributed by atoms with Gasteiger partial charge in [-0.15, -0.1) is 0 Å². The molecule has 12 heteroatoms. The largest absolute Gasteiger partial charge is 0.467 e. The lowest BCUT2D eigenvalue weighted by Crippen LogP contribution is -2.44. The molecule has 41 heavy (non-hydrogen) atoms. The van der Waals surface area contributed by atoms with E-state index in [4.69, 9.17) is 19.2 Å². The molecule has 0 bridgehead atoms. The van der Waals surface area contributed by atoms with Gasteiger partial charge in [0.1, 0.15) is 23.3 Å². The molecule has 1 fully saturated rings. The molecule has 3 heterocycles. The van der Waals surface area contributed by atoms with Gasteiger partial charge in [0.05, 0.1) is 42.8 Å². The number of hydrogen-bond donors (Lipinski definition) is 2. The fourth-order valence-electron chi connectivity index (χ4n) is 5.09. The Morgan fingerprint density at radius 3 is 2.61 bits per heavy atom. The smallest absolute Gasteiger partial charge is 0.411 e. The molecule has 1 aromatic carbocycles. The number of ether oxygens (including phenoxy) is 3. The van der Waals surface area contributed by atoms with E-state index in [1.54, 1.807) is 34.2 Å². The molecular weight excluding hydrogens is 531 g/mol. The number of nitrogens with zero attached hydrogens (tertiary/aromatic N) is 4. The number of benzene rings is 1. The SMILES string of the molecule is CNCC(Cn1cnc2cc(F)cc(-c3cc(C)cc(N[C@H]4C[C@@H](C(=O)OC)N(C(=O)OC(C)(C)C)C4)n3)c21)OC. The number of nitrogens with one attached hydrogen (secondary N) is 2. The summed E-state index contributed by atoms with van der Waals surface area (Å²) in [7, 11) is 4.80. The number of carbonyl (C=O) groups excluding carboxylic acids is 2. The van der Waals surface area contributed by atoms with Crippen molar-refractivity contribution in [1.29, 1.82) is 0 Å². The van der Waals surface area contributed by atoms with Crippen LogP contribution in [0.5, 0.6) is 0 Å². The molecule has 1 aliphatic rings. The lowest BCUT2D eigenvalue weighted by molar-refractivity contribution is -0.145. The van der Waals surface area contributed by atoms with Crippen molar-refractivity contribution in [1.82, 2.24) is 24.8 Å². The quantitative estimate of drug-likeness (QED) is 0.371. The molecule has 1 amide bonds. The van der Waals surface area contributed by atoms with E-state index in [2.05, 4.69) is 15.6 Å². The molecule has 11 nitrogen and oxygen atoms in total. The van der Waals surface area contributed by atoms with E-state index in [1.165, 1.54) is 24.1 Å². The van der Waals surface area contributed by atoms with Crippen molar-refractivity contribution >= 4 is 28.9 Å². The second-order valence-corrected chi connectivity index (χ2v) is 11.3. The Labute approximate surface area is 239 Å². The zero-order valence-corrected chi connectivity index (χ0v) is 24.7. The van der Waals surface area contributed by atoms with Crippen LogP contribution in [0.1, 0.15) is 32.8 Å². The number of methoxy groups -OCH3 is 2. The van der Waals surface area contributed by atoms with E-state index in [1.807, 2.05) is 30.7 Å². The summed E-state index contributed by atoms with van der Waals surface area (Å²) in [5, 5.41) is 6.48. The number of aromatic nitrogens is 3. The molecular formula is C29H39FN6O5. The second-order valence-electron chi connectivity index (χ2n) is 11.3. The van der Waals surface area contributed by atoms with Crippen molar-refractivity contribution in [2.24, 2.45) is 0 Å². The fraction of sp³-hybridized carbons (Fsp3) is 0.517. The van der Waals surface area contributed by atoms with Crippen molar-refractivity contribution in [3.8, 4) is 11.3 Å². The van der Waals surface area contributed by atoms with E-state index in [-0.39, 0.29) is 18.7 Å². The van der Waals surface area contributed by atoms with Crippen molar-refractivity contribution in [3.63, 3.8) is 0 Å². The number of pyridine rings is 1. The van der Waals surface area contributed by atoms with Gasteiger partial charge in [0.15, 0.2) is 0 Å². The van der Waals surface area contributed by atoms with Crippen molar-refractivity contribution in [3.05, 3.63) is 42.0 Å². The fourth-order valence-corrected chi connectivity index (χ4v) is 5.09. The third kappa shape index (κ3) is 7.12. The van der Waals surface area contributed by atoms with Crippen molar-refractivity contribution in [2.75, 3.05) is 39.7 Å². The van der Waals surface area contributed by atoms with E-state index >= 15 is 0 Å². The number of aryl methyl sites for hydroxylation is 1. The minimum atomic E-state index is -0.792. The Hall–Kier alpha value is -3.77. The summed E-state index contributed by atoms with van der Waals surface area (Å²) < 4.78 is 32.8. The Bertz CT molecular complexity index is 1400. The number of likely N-dealkylation sites (N-methyl/N-ethyl adjacent to an activating group) is 1. The predicted octanol–water partition coefficient (Wildman–Crippen LogP) is 3.74. The standard InChI is InChI=1S/C29H39FN6O5/c1-17-8-22(21-10-18(30)11-23-26(21)35(16-32-23)15-20(39-6)13-31-5)34-25(9-17)33-19-12-24(27(37)40-7)36(14-19)28(38)41-29(2,3)4/h8-11,16,19-20,24,31H,12-15H2,1-7H3,(H,33,34)/t19-,20?,24-/m0/s1. The molecule has 1 aliphatic heterocycles. The van der Waals surface area contributed by atoms with Crippen LogP contribution in [-0.4, -0.2) is 89.6 Å². The first kappa shape index (κ1) is 30.2. The van der Waals surface area contributed by atoms with Gasteiger partial charge in [0.25, 0.3) is 0 Å². The number of hydrogen-bond acceptors (Lipinski definition) is 9. The third-order valence-electron chi connectivity index (χ3n) is 6.84. The Balaban J connectivity index is 1.65. The van der Waals surface area contributed by atoms with Crippen LogP contribution in [0.4, 0.5) is 15.0 Å². The van der Waals surface area contributed by atoms with Crippen LogP contribution in [0.25, 0.3) is 22.3 Å². The number of amides is 1. The highest BCUT2D eigenvalue weighted by atomic mass is 19.1. The van der Waals surface area contributed by atoms with Gasteiger partial charge in [-0.05, 0) is 58.5 Å². The first-order valence-electron chi connectivity index (χ1n) is 13.6. The summed E-state index contributed by atoms with van der Waals surface area (Å²) in [4.78, 5) is 36.0. The number of carbonyl (C=O) groups is 2. The zero-order valence-electron chi connectivity index (χ0n) is 24.7. The van der Waals surface area contributed by atoms with Gasteiger partial charge in [-0.2, -0.15) is 0 Å². The maximum Gasteiger partial charge on any atom is 0.411 e. The normalized spacial score (nSPS) is 18.0. The summed E-state index contributed by atoms with van der Waals surface area (Å²) in [5.74, 6) is -0.395. The van der Waals surface area contributed by atoms with Crippen LogP contribution in [0.2, 0.25) is 0 Å². The molecule has 3 aromatic rings. The minimum absolute atomic E-state index is 0.115. The number of esters is 1. The Morgan fingerprint density at radius 1 is 1.20 bits per heavy atom. The highest BCUT2D eigenvalue weighted by molar-refractivity contribution is 5.91. The lowest BCUT2D eigenvalue weighted by Gasteiger charge is -2.27. The molecule has 1 unspecified atom stereocenters. The number of likely N-dealkylation sites (tertiary alicyclic amines) is 1. The van der Waals surface area contributed by atoms with Crippen LogP contribution >= 0.6 is 0 Å². The molecule has 0 radical (unpaired) electrons. The lowest BCUT2D eigenvalue weighted by atomic mass is 10.1. The molecule has 3 atom stereocenters. The molecule has 1 saturated heterocycles. The van der Waals surface area contributed by atoms with Crippen LogP contribution in [0, 0.1) is 12.7 Å². The van der Waals surface area contributed by atoms with E-state index in [0.29, 0.717) is 42.1 Å². The summed E-state index contributed by atoms with van der Waals surface area (Å²) in [6.45, 7) is 8.62. The van der Waals surface area contributed by atoms with Gasteiger partial charge < -0.3 is 29.4 Å².